The molecule has 0 fully saturated rings. The highest BCUT2D eigenvalue weighted by Crippen LogP contribution is 2.43. The summed E-state index contributed by atoms with van der Waals surface area (Å²) in [5.41, 5.74) is -6.24. The number of amides is 1. The highest BCUT2D eigenvalue weighted by atomic mass is 32.2. The number of hydrogen-bond donors (Lipinski definition) is 2. The van der Waals surface area contributed by atoms with Crippen LogP contribution < -0.4 is 14.4 Å². The SMILES string of the molecule is CC(C)(OC(=O)Nc1ccc2c(c1)N(S(=O)(=O)c1cccc(C(F)(F)F)c1)C[C@H](C[C@](C)(CO[Si](C)(C)C(C)(C)C)C(=O)O)O2)C(F)(F)F. The normalized spacial score (nSPS) is 17.4. The minimum Gasteiger partial charge on any atom is -0.486 e. The van der Waals surface area contributed by atoms with Crippen LogP contribution in [0.5, 0.6) is 5.75 Å². The van der Waals surface area contributed by atoms with Crippen molar-refractivity contribution < 1.29 is 63.4 Å². The summed E-state index contributed by atoms with van der Waals surface area (Å²) in [4.78, 5) is 24.2. The molecule has 3 rings (SSSR count). The molecule has 0 radical (unpaired) electrons. The fourth-order valence-electron chi connectivity index (χ4n) is 4.38. The topological polar surface area (TPSA) is 131 Å². The van der Waals surface area contributed by atoms with E-state index in [0.29, 0.717) is 30.3 Å². The third-order valence-electron chi connectivity index (χ3n) is 8.67. The fraction of sp³-hybridized carbons (Fsp3) is 0.548. The van der Waals surface area contributed by atoms with E-state index in [2.05, 4.69) is 10.1 Å². The van der Waals surface area contributed by atoms with E-state index < -0.39 is 76.9 Å². The number of hydrogen-bond acceptors (Lipinski definition) is 7. The van der Waals surface area contributed by atoms with Crippen molar-refractivity contribution >= 4 is 41.8 Å². The van der Waals surface area contributed by atoms with Gasteiger partial charge in [0.15, 0.2) is 8.32 Å². The molecule has 0 spiro atoms. The number of carboxylic acid groups (broad SMARTS) is 1. The minimum absolute atomic E-state index is 0.153. The number of ether oxygens (including phenoxy) is 2. The predicted octanol–water partition coefficient (Wildman–Crippen LogP) is 8.05. The maximum atomic E-state index is 14.0. The number of nitrogens with zero attached hydrogens (tertiary/aromatic N) is 1. The summed E-state index contributed by atoms with van der Waals surface area (Å²) in [6.45, 7) is 11.6. The number of carboxylic acids is 1. The molecule has 2 atom stereocenters. The number of rotatable bonds is 10. The van der Waals surface area contributed by atoms with Gasteiger partial charge in [0, 0.05) is 18.7 Å². The number of halogens is 6. The molecule has 18 heteroatoms. The number of alkyl halides is 6. The Kier molecular flexibility index (Phi) is 10.8. The molecule has 1 amide bonds. The lowest BCUT2D eigenvalue weighted by Crippen LogP contribution is -2.49. The summed E-state index contributed by atoms with van der Waals surface area (Å²) in [6.07, 6.45) is -12.8. The fourth-order valence-corrected chi connectivity index (χ4v) is 7.04. The van der Waals surface area contributed by atoms with Crippen molar-refractivity contribution in [1.82, 2.24) is 0 Å². The standard InChI is InChI=1S/C31H40F6N2O8SSi/c1-27(2,3)49(7,8)45-18-29(6,25(40)41)16-21-17-39(48(43,44)22-11-9-10-19(14-22)30(32,33)34)23-15-20(12-13-24(23)46-21)38-26(42)47-28(4,5)31(35,36)37/h9-15,21H,16-18H2,1-8H3,(H,38,42)(H,40,41)/t21-,29+/m0/s1. The number of benzene rings is 2. The zero-order valence-electron chi connectivity index (χ0n) is 28.2. The van der Waals surface area contributed by atoms with Crippen molar-refractivity contribution in [3.63, 3.8) is 0 Å². The lowest BCUT2D eigenvalue weighted by molar-refractivity contribution is -0.242. The first-order valence-corrected chi connectivity index (χ1v) is 19.3. The molecule has 2 N–H and O–H groups in total. The Morgan fingerprint density at radius 1 is 1.00 bits per heavy atom. The van der Waals surface area contributed by atoms with Gasteiger partial charge in [0.2, 0.25) is 5.60 Å². The van der Waals surface area contributed by atoms with Gasteiger partial charge in [-0.1, -0.05) is 26.8 Å². The summed E-state index contributed by atoms with van der Waals surface area (Å²) in [5, 5.41) is 12.1. The zero-order chi connectivity index (χ0) is 37.6. The van der Waals surface area contributed by atoms with E-state index in [1.165, 1.54) is 19.1 Å². The Balaban J connectivity index is 2.06. The summed E-state index contributed by atoms with van der Waals surface area (Å²) >= 11 is 0. The van der Waals surface area contributed by atoms with Gasteiger partial charge in [0.1, 0.15) is 11.9 Å². The third-order valence-corrected chi connectivity index (χ3v) is 14.9. The number of carbonyl (C=O) groups excluding carboxylic acids is 1. The lowest BCUT2D eigenvalue weighted by Gasteiger charge is -2.41. The molecule has 2 aromatic carbocycles. The van der Waals surface area contributed by atoms with Gasteiger partial charge >= 0.3 is 24.4 Å². The van der Waals surface area contributed by atoms with E-state index in [1.54, 1.807) is 0 Å². The van der Waals surface area contributed by atoms with Gasteiger partial charge < -0.3 is 19.0 Å². The van der Waals surface area contributed by atoms with E-state index in [1.807, 2.05) is 33.9 Å². The van der Waals surface area contributed by atoms with Crippen molar-refractivity contribution in [3.05, 3.63) is 48.0 Å². The second kappa shape index (κ2) is 13.3. The Morgan fingerprint density at radius 3 is 2.14 bits per heavy atom. The number of nitrogens with one attached hydrogen (secondary N) is 1. The van der Waals surface area contributed by atoms with Crippen molar-refractivity contribution in [2.45, 2.75) is 95.0 Å². The molecule has 10 nitrogen and oxygen atoms in total. The van der Waals surface area contributed by atoms with Crippen LogP contribution in [-0.2, 0) is 30.2 Å². The highest BCUT2D eigenvalue weighted by molar-refractivity contribution is 7.92. The van der Waals surface area contributed by atoms with Crippen LogP contribution in [0, 0.1) is 5.41 Å². The molecule has 1 aliphatic rings. The molecule has 0 aromatic heterocycles. The van der Waals surface area contributed by atoms with Crippen molar-refractivity contribution in [3.8, 4) is 5.75 Å². The van der Waals surface area contributed by atoms with Crippen LogP contribution in [0.3, 0.4) is 0 Å². The van der Waals surface area contributed by atoms with Crippen LogP contribution in [-0.4, -0.2) is 64.9 Å². The maximum Gasteiger partial charge on any atom is 0.427 e. The molecular formula is C31H40F6N2O8SSi. The zero-order valence-corrected chi connectivity index (χ0v) is 30.0. The number of fused-ring (bicyclic) bond motifs is 1. The van der Waals surface area contributed by atoms with Crippen LogP contribution in [0.1, 0.15) is 53.5 Å². The maximum absolute atomic E-state index is 14.0. The van der Waals surface area contributed by atoms with Crippen LogP contribution >= 0.6 is 0 Å². The quantitative estimate of drug-likeness (QED) is 0.185. The first-order chi connectivity index (χ1) is 22.0. The molecule has 0 aliphatic carbocycles. The van der Waals surface area contributed by atoms with E-state index >= 15 is 0 Å². The number of carbonyl (C=O) groups is 2. The monoisotopic (exact) mass is 742 g/mol. The van der Waals surface area contributed by atoms with Gasteiger partial charge in [-0.3, -0.25) is 14.4 Å². The molecule has 2 aromatic rings. The van der Waals surface area contributed by atoms with E-state index in [4.69, 9.17) is 9.16 Å². The van der Waals surface area contributed by atoms with Crippen LogP contribution in [0.4, 0.5) is 42.5 Å². The second-order valence-corrected chi connectivity index (χ2v) is 20.8. The highest BCUT2D eigenvalue weighted by Gasteiger charge is 2.51. The summed E-state index contributed by atoms with van der Waals surface area (Å²) in [7, 11) is -7.27. The number of anilines is 2. The van der Waals surface area contributed by atoms with Gasteiger partial charge in [-0.25, -0.2) is 13.2 Å². The molecule has 1 heterocycles. The Hall–Kier alpha value is -3.51. The molecule has 1 aliphatic heterocycles. The van der Waals surface area contributed by atoms with E-state index in [-0.39, 0.29) is 35.2 Å². The van der Waals surface area contributed by atoms with Gasteiger partial charge in [-0.2, -0.15) is 26.3 Å². The van der Waals surface area contributed by atoms with E-state index in [9.17, 15) is 49.5 Å². The number of sulfonamides is 1. The van der Waals surface area contributed by atoms with Crippen molar-refractivity contribution in [2.24, 2.45) is 5.41 Å². The molecule has 49 heavy (non-hydrogen) atoms. The Labute approximate surface area is 281 Å². The minimum atomic E-state index is -4.92. The van der Waals surface area contributed by atoms with Crippen molar-refractivity contribution in [2.75, 3.05) is 22.8 Å². The van der Waals surface area contributed by atoms with E-state index in [0.717, 1.165) is 18.2 Å². The van der Waals surface area contributed by atoms with Crippen LogP contribution in [0.15, 0.2) is 47.4 Å². The first kappa shape index (κ1) is 39.9. The first-order valence-electron chi connectivity index (χ1n) is 14.9. The smallest absolute Gasteiger partial charge is 0.427 e. The largest absolute Gasteiger partial charge is 0.486 e. The molecule has 0 bridgehead atoms. The molecular weight excluding hydrogens is 702 g/mol. The van der Waals surface area contributed by atoms with Crippen LogP contribution in [0.2, 0.25) is 18.1 Å². The third kappa shape index (κ3) is 8.99. The van der Waals surface area contributed by atoms with Crippen LogP contribution in [0.25, 0.3) is 0 Å². The predicted molar refractivity (Wildman–Crippen MR) is 171 cm³/mol. The van der Waals surface area contributed by atoms with Gasteiger partial charge in [-0.15, -0.1) is 0 Å². The lowest BCUT2D eigenvalue weighted by atomic mass is 9.85. The van der Waals surface area contributed by atoms with Gasteiger partial charge in [-0.05, 0) is 75.3 Å². The Bertz CT molecular complexity index is 1670. The summed E-state index contributed by atoms with van der Waals surface area (Å²) in [5.74, 6) is -1.41. The Morgan fingerprint density at radius 2 is 1.61 bits per heavy atom. The van der Waals surface area contributed by atoms with Crippen molar-refractivity contribution in [1.29, 1.82) is 0 Å². The summed E-state index contributed by atoms with van der Waals surface area (Å²) < 4.78 is 126. The summed E-state index contributed by atoms with van der Waals surface area (Å²) in [6, 6.07) is 6.38. The molecule has 0 unspecified atom stereocenters. The average molecular weight is 743 g/mol. The molecule has 0 saturated carbocycles. The van der Waals surface area contributed by atoms with Gasteiger partial charge in [0.05, 0.1) is 28.1 Å². The number of aliphatic carboxylic acids is 1. The molecule has 274 valence electrons. The second-order valence-electron chi connectivity index (χ2n) is 14.1. The van der Waals surface area contributed by atoms with Gasteiger partial charge in [0.25, 0.3) is 10.0 Å². The molecule has 0 saturated heterocycles. The average Bonchev–Trinajstić information content (AvgIpc) is 2.94.